The number of ether oxygens (including phenoxy) is 1. The van der Waals surface area contributed by atoms with Gasteiger partial charge in [0.1, 0.15) is 17.7 Å². The van der Waals surface area contributed by atoms with Gasteiger partial charge in [0.15, 0.2) is 0 Å². The maximum absolute atomic E-state index is 13.8. The number of sulfonamides is 1. The lowest BCUT2D eigenvalue weighted by molar-refractivity contribution is -0.123. The van der Waals surface area contributed by atoms with Crippen molar-refractivity contribution in [3.63, 3.8) is 0 Å². The molecular weight excluding hydrogens is 634 g/mol. The number of nitrogens with one attached hydrogen (secondary N) is 2. The summed E-state index contributed by atoms with van der Waals surface area (Å²) in [6, 6.07) is 16.8. The van der Waals surface area contributed by atoms with Gasteiger partial charge in [0.05, 0.1) is 12.0 Å². The average Bonchev–Trinajstić information content (AvgIpc) is 3.82. The lowest BCUT2D eigenvalue weighted by Crippen LogP contribution is -2.56. The number of rotatable bonds is 11. The van der Waals surface area contributed by atoms with Crippen molar-refractivity contribution in [3.8, 4) is 0 Å². The van der Waals surface area contributed by atoms with Crippen LogP contribution in [-0.4, -0.2) is 85.7 Å². The van der Waals surface area contributed by atoms with Gasteiger partial charge >= 0.3 is 12.2 Å². The number of benzene rings is 3. The fourth-order valence-corrected chi connectivity index (χ4v) is 7.78. The Morgan fingerprint density at radius 3 is 2.06 bits per heavy atom. The van der Waals surface area contributed by atoms with Gasteiger partial charge in [-0.1, -0.05) is 42.5 Å². The van der Waals surface area contributed by atoms with Crippen LogP contribution < -0.4 is 10.6 Å². The van der Waals surface area contributed by atoms with Crippen LogP contribution in [0.2, 0.25) is 0 Å². The van der Waals surface area contributed by atoms with Crippen LogP contribution in [0.25, 0.3) is 0 Å². The van der Waals surface area contributed by atoms with Gasteiger partial charge in [0.2, 0.25) is 15.9 Å². The Labute approximate surface area is 271 Å². The summed E-state index contributed by atoms with van der Waals surface area (Å²) < 4.78 is 60.7. The smallest absolute Gasteiger partial charge is 0.407 e. The van der Waals surface area contributed by atoms with Gasteiger partial charge in [-0.05, 0) is 72.7 Å². The molecule has 1 aliphatic heterocycles. The van der Waals surface area contributed by atoms with E-state index in [0.717, 1.165) is 7.11 Å². The molecule has 1 saturated carbocycles. The Balaban J connectivity index is 1.30. The topological polar surface area (TPSA) is 145 Å². The quantitative estimate of drug-likeness (QED) is 0.278. The summed E-state index contributed by atoms with van der Waals surface area (Å²) in [6.07, 6.45) is -0.519. The highest BCUT2D eigenvalue weighted by molar-refractivity contribution is 7.89. The molecular formula is C33H36F2N4O7S. The molecule has 1 saturated heterocycles. The van der Waals surface area contributed by atoms with Crippen molar-refractivity contribution in [2.75, 3.05) is 26.7 Å². The van der Waals surface area contributed by atoms with Crippen LogP contribution in [0, 0.1) is 17.6 Å². The van der Waals surface area contributed by atoms with Crippen LogP contribution in [0.1, 0.15) is 36.3 Å². The van der Waals surface area contributed by atoms with Crippen LogP contribution in [0.5, 0.6) is 0 Å². The summed E-state index contributed by atoms with van der Waals surface area (Å²) in [5, 5.41) is 15.1. The summed E-state index contributed by atoms with van der Waals surface area (Å²) in [4.78, 5) is 39.3. The highest BCUT2D eigenvalue weighted by Gasteiger charge is 2.43. The molecule has 47 heavy (non-hydrogen) atoms. The monoisotopic (exact) mass is 670 g/mol. The molecule has 14 heteroatoms. The van der Waals surface area contributed by atoms with E-state index in [1.807, 2.05) is 0 Å². The van der Waals surface area contributed by atoms with E-state index in [1.54, 1.807) is 18.2 Å². The normalized spacial score (nSPS) is 20.3. The maximum atomic E-state index is 13.8. The summed E-state index contributed by atoms with van der Waals surface area (Å²) >= 11 is 0. The first-order valence-corrected chi connectivity index (χ1v) is 16.6. The van der Waals surface area contributed by atoms with E-state index in [2.05, 4.69) is 10.6 Å². The number of hydrogen-bond acceptors (Lipinski definition) is 6. The molecule has 1 aliphatic carbocycles. The number of nitrogens with zero attached hydrogens (tertiary/aromatic N) is 2. The van der Waals surface area contributed by atoms with Gasteiger partial charge in [-0.25, -0.2) is 26.8 Å². The Morgan fingerprint density at radius 1 is 0.915 bits per heavy atom. The highest BCUT2D eigenvalue weighted by Crippen LogP contribution is 2.37. The second-order valence-corrected chi connectivity index (χ2v) is 13.6. The van der Waals surface area contributed by atoms with E-state index < -0.39 is 57.8 Å². The maximum Gasteiger partial charge on any atom is 0.407 e. The van der Waals surface area contributed by atoms with Crippen molar-refractivity contribution in [3.05, 3.63) is 102 Å². The predicted molar refractivity (Wildman–Crippen MR) is 167 cm³/mol. The standard InChI is InChI=1S/C33H36F2N4O7S/c1-46-32(41)37-30(29(21-7-12-24(34)13-8-21)22-9-14-25(35)15-10-22)31(40)36-28-19-23(28)11-16-26-20-38(33(42)43)17-18-39(26)47(44,45)27-5-3-2-4-6-27/h2-10,12-15,23,26,28-30H,11,16-20H2,1H3,(H,36,40)(H,37,41)(H,42,43). The molecule has 0 spiro atoms. The van der Waals surface area contributed by atoms with Gasteiger partial charge < -0.3 is 25.4 Å². The molecule has 2 aliphatic rings. The number of hydrogen-bond donors (Lipinski definition) is 3. The largest absolute Gasteiger partial charge is 0.465 e. The molecule has 3 aromatic rings. The van der Waals surface area contributed by atoms with Gasteiger partial charge in [0.25, 0.3) is 0 Å². The summed E-state index contributed by atoms with van der Waals surface area (Å²) in [6.45, 7) is 0.0964. The van der Waals surface area contributed by atoms with Gasteiger partial charge in [-0.15, -0.1) is 0 Å². The second-order valence-electron chi connectivity index (χ2n) is 11.7. The fourth-order valence-electron chi connectivity index (χ4n) is 6.12. The Bertz CT molecular complexity index is 1630. The van der Waals surface area contributed by atoms with Crippen LogP contribution in [-0.2, 0) is 19.6 Å². The molecule has 1 heterocycles. The minimum absolute atomic E-state index is 0.0192. The van der Waals surface area contributed by atoms with Crippen molar-refractivity contribution in [1.29, 1.82) is 0 Å². The Hall–Kier alpha value is -4.56. The lowest BCUT2D eigenvalue weighted by atomic mass is 9.84. The average molecular weight is 671 g/mol. The predicted octanol–water partition coefficient (Wildman–Crippen LogP) is 4.16. The fraction of sp³-hybridized carbons (Fsp3) is 0.364. The Morgan fingerprint density at radius 2 is 1.51 bits per heavy atom. The first-order valence-electron chi connectivity index (χ1n) is 15.2. The van der Waals surface area contributed by atoms with Crippen molar-refractivity contribution in [1.82, 2.24) is 19.8 Å². The summed E-state index contributed by atoms with van der Waals surface area (Å²) in [5.41, 5.74) is 1.00. The summed E-state index contributed by atoms with van der Waals surface area (Å²) in [7, 11) is -2.71. The van der Waals surface area contributed by atoms with E-state index in [4.69, 9.17) is 4.74 Å². The van der Waals surface area contributed by atoms with E-state index in [-0.39, 0.29) is 36.5 Å². The third-order valence-electron chi connectivity index (χ3n) is 8.70. The van der Waals surface area contributed by atoms with Crippen LogP contribution >= 0.6 is 0 Å². The number of halogens is 2. The third kappa shape index (κ3) is 8.06. The summed E-state index contributed by atoms with van der Waals surface area (Å²) in [5.74, 6) is -2.37. The minimum atomic E-state index is -3.87. The van der Waals surface area contributed by atoms with Crippen molar-refractivity contribution >= 4 is 28.1 Å². The first kappa shape index (κ1) is 33.8. The molecule has 11 nitrogen and oxygen atoms in total. The van der Waals surface area contributed by atoms with E-state index >= 15 is 0 Å². The number of alkyl carbamates (subject to hydrolysis) is 1. The minimum Gasteiger partial charge on any atom is -0.465 e. The molecule has 3 N–H and O–H groups in total. The Kier molecular flexibility index (Phi) is 10.4. The van der Waals surface area contributed by atoms with Gasteiger partial charge in [0, 0.05) is 37.6 Å². The van der Waals surface area contributed by atoms with Crippen LogP contribution in [0.3, 0.4) is 0 Å². The molecule has 5 rings (SSSR count). The SMILES string of the molecule is COC(=O)NC(C(=O)NC1CC1CCC1CN(C(=O)O)CCN1S(=O)(=O)c1ccccc1)C(c1ccc(F)cc1)c1ccc(F)cc1. The molecule has 4 atom stereocenters. The van der Waals surface area contributed by atoms with Crippen molar-refractivity contribution in [2.24, 2.45) is 5.92 Å². The number of carboxylic acid groups (broad SMARTS) is 1. The number of methoxy groups -OCH3 is 1. The van der Waals surface area contributed by atoms with Crippen molar-refractivity contribution < 1.29 is 41.4 Å². The van der Waals surface area contributed by atoms with E-state index in [0.29, 0.717) is 30.4 Å². The zero-order valence-electron chi connectivity index (χ0n) is 25.6. The molecule has 0 aromatic heterocycles. The molecule has 0 bridgehead atoms. The molecule has 2 fully saturated rings. The molecule has 0 radical (unpaired) electrons. The number of carbonyl (C=O) groups is 3. The number of carbonyl (C=O) groups excluding carboxylic acids is 2. The molecule has 250 valence electrons. The first-order chi connectivity index (χ1) is 22.5. The number of amides is 3. The lowest BCUT2D eigenvalue weighted by Gasteiger charge is -2.39. The molecule has 3 amide bonds. The van der Waals surface area contributed by atoms with E-state index in [9.17, 15) is 36.7 Å². The third-order valence-corrected chi connectivity index (χ3v) is 10.7. The zero-order valence-corrected chi connectivity index (χ0v) is 26.4. The second kappa shape index (κ2) is 14.5. The number of piperazine rings is 1. The van der Waals surface area contributed by atoms with Crippen LogP contribution in [0.15, 0.2) is 83.8 Å². The highest BCUT2D eigenvalue weighted by atomic mass is 32.2. The van der Waals surface area contributed by atoms with Gasteiger partial charge in [-0.2, -0.15) is 4.31 Å². The van der Waals surface area contributed by atoms with Crippen LogP contribution in [0.4, 0.5) is 18.4 Å². The zero-order chi connectivity index (χ0) is 33.7. The molecule has 4 unspecified atom stereocenters. The molecule has 3 aromatic carbocycles. The van der Waals surface area contributed by atoms with Gasteiger partial charge in [-0.3, -0.25) is 4.79 Å². The van der Waals surface area contributed by atoms with Crippen molar-refractivity contribution in [2.45, 2.75) is 48.2 Å². The van der Waals surface area contributed by atoms with E-state index in [1.165, 1.54) is 69.9 Å².